The van der Waals surface area contributed by atoms with Crippen molar-refractivity contribution in [3.8, 4) is 0 Å². The smallest absolute Gasteiger partial charge is 0.235 e. The molecule has 1 aliphatic carbocycles. The number of aliphatic hydroxyl groups is 1. The highest BCUT2D eigenvalue weighted by molar-refractivity contribution is 6.05. The normalized spacial score (nSPS) is 29.7. The van der Waals surface area contributed by atoms with E-state index in [1.807, 2.05) is 42.5 Å². The SMILES string of the molecule is O=C1C2CC=CC(c3ccccc3)C2C(=O)N1CO. The van der Waals surface area contributed by atoms with Crippen molar-refractivity contribution in [2.24, 2.45) is 11.8 Å². The molecule has 4 nitrogen and oxygen atoms in total. The molecule has 0 spiro atoms. The zero-order valence-corrected chi connectivity index (χ0v) is 10.4. The van der Waals surface area contributed by atoms with Gasteiger partial charge in [0, 0.05) is 5.92 Å². The van der Waals surface area contributed by atoms with Crippen LogP contribution < -0.4 is 0 Å². The molecule has 1 N–H and O–H groups in total. The molecule has 19 heavy (non-hydrogen) atoms. The van der Waals surface area contributed by atoms with Crippen LogP contribution in [0.4, 0.5) is 0 Å². The van der Waals surface area contributed by atoms with Crippen LogP contribution in [0.1, 0.15) is 17.9 Å². The van der Waals surface area contributed by atoms with Gasteiger partial charge in [-0.3, -0.25) is 14.5 Å². The van der Waals surface area contributed by atoms with Crippen LogP contribution in [0.15, 0.2) is 42.5 Å². The summed E-state index contributed by atoms with van der Waals surface area (Å²) in [6.07, 6.45) is 4.54. The lowest BCUT2D eigenvalue weighted by atomic mass is 9.74. The van der Waals surface area contributed by atoms with E-state index in [4.69, 9.17) is 0 Å². The van der Waals surface area contributed by atoms with E-state index >= 15 is 0 Å². The van der Waals surface area contributed by atoms with Crippen molar-refractivity contribution in [2.75, 3.05) is 6.73 Å². The van der Waals surface area contributed by atoms with Crippen LogP contribution in [-0.2, 0) is 9.59 Å². The van der Waals surface area contributed by atoms with Gasteiger partial charge in [0.1, 0.15) is 6.73 Å². The number of imide groups is 1. The molecule has 3 atom stereocenters. The monoisotopic (exact) mass is 257 g/mol. The van der Waals surface area contributed by atoms with E-state index in [1.54, 1.807) is 0 Å². The molecule has 0 bridgehead atoms. The minimum atomic E-state index is -0.522. The van der Waals surface area contributed by atoms with Crippen molar-refractivity contribution in [2.45, 2.75) is 12.3 Å². The molecule has 2 amide bonds. The summed E-state index contributed by atoms with van der Waals surface area (Å²) in [5, 5.41) is 9.17. The Kier molecular flexibility index (Phi) is 2.95. The molecule has 1 saturated heterocycles. The average molecular weight is 257 g/mol. The maximum absolute atomic E-state index is 12.3. The molecule has 1 aromatic rings. The molecule has 1 fully saturated rings. The number of allylic oxidation sites excluding steroid dienone is 2. The number of fused-ring (bicyclic) bond motifs is 1. The molecule has 98 valence electrons. The minimum absolute atomic E-state index is 0.0760. The highest BCUT2D eigenvalue weighted by atomic mass is 16.3. The van der Waals surface area contributed by atoms with E-state index in [0.717, 1.165) is 10.5 Å². The first kappa shape index (κ1) is 12.1. The number of hydrogen-bond donors (Lipinski definition) is 1. The Morgan fingerprint density at radius 1 is 1.16 bits per heavy atom. The van der Waals surface area contributed by atoms with Gasteiger partial charge in [-0.2, -0.15) is 0 Å². The van der Waals surface area contributed by atoms with Crippen LogP contribution in [-0.4, -0.2) is 28.6 Å². The van der Waals surface area contributed by atoms with E-state index in [2.05, 4.69) is 0 Å². The summed E-state index contributed by atoms with van der Waals surface area (Å²) >= 11 is 0. The van der Waals surface area contributed by atoms with Crippen molar-refractivity contribution in [1.82, 2.24) is 4.90 Å². The lowest BCUT2D eigenvalue weighted by molar-refractivity contribution is -0.144. The zero-order valence-electron chi connectivity index (χ0n) is 10.4. The number of carbonyl (C=O) groups is 2. The molecule has 4 heteroatoms. The Balaban J connectivity index is 2.00. The van der Waals surface area contributed by atoms with Crippen LogP contribution in [0.2, 0.25) is 0 Å². The molecular formula is C15H15NO3. The van der Waals surface area contributed by atoms with Gasteiger partial charge in [0.05, 0.1) is 11.8 Å². The number of carbonyl (C=O) groups excluding carboxylic acids is 2. The Hall–Kier alpha value is -1.94. The summed E-state index contributed by atoms with van der Waals surface area (Å²) in [6, 6.07) is 9.72. The summed E-state index contributed by atoms with van der Waals surface area (Å²) < 4.78 is 0. The molecule has 2 aliphatic rings. The molecule has 1 aromatic carbocycles. The van der Waals surface area contributed by atoms with Gasteiger partial charge in [0.15, 0.2) is 0 Å². The number of aliphatic hydroxyl groups excluding tert-OH is 1. The van der Waals surface area contributed by atoms with Gasteiger partial charge >= 0.3 is 0 Å². The molecule has 3 rings (SSSR count). The van der Waals surface area contributed by atoms with Gasteiger partial charge < -0.3 is 5.11 Å². The van der Waals surface area contributed by atoms with Gasteiger partial charge in [-0.25, -0.2) is 0 Å². The molecule has 1 heterocycles. The van der Waals surface area contributed by atoms with Crippen LogP contribution in [0.25, 0.3) is 0 Å². The minimum Gasteiger partial charge on any atom is -0.376 e. The lowest BCUT2D eigenvalue weighted by Crippen LogP contribution is -2.32. The lowest BCUT2D eigenvalue weighted by Gasteiger charge is -2.26. The second-order valence-electron chi connectivity index (χ2n) is 4.98. The molecule has 0 radical (unpaired) electrons. The van der Waals surface area contributed by atoms with E-state index in [0.29, 0.717) is 6.42 Å². The average Bonchev–Trinajstić information content (AvgIpc) is 2.71. The third-order valence-corrected chi connectivity index (χ3v) is 4.01. The predicted octanol–water partition coefficient (Wildman–Crippen LogP) is 1.28. The predicted molar refractivity (Wildman–Crippen MR) is 68.9 cm³/mol. The summed E-state index contributed by atoms with van der Waals surface area (Å²) in [6.45, 7) is -0.522. The van der Waals surface area contributed by atoms with Gasteiger partial charge in [0.2, 0.25) is 11.8 Å². The summed E-state index contributed by atoms with van der Waals surface area (Å²) in [5.41, 5.74) is 1.04. The number of hydrogen-bond acceptors (Lipinski definition) is 3. The fourth-order valence-corrected chi connectivity index (χ4v) is 3.09. The Morgan fingerprint density at radius 3 is 2.58 bits per heavy atom. The van der Waals surface area contributed by atoms with Crippen molar-refractivity contribution in [1.29, 1.82) is 0 Å². The number of nitrogens with zero attached hydrogens (tertiary/aromatic N) is 1. The molecule has 0 aromatic heterocycles. The van der Waals surface area contributed by atoms with Crippen LogP contribution >= 0.6 is 0 Å². The second kappa shape index (κ2) is 4.63. The van der Waals surface area contributed by atoms with E-state index in [9.17, 15) is 14.7 Å². The van der Waals surface area contributed by atoms with Crippen molar-refractivity contribution in [3.63, 3.8) is 0 Å². The third-order valence-electron chi connectivity index (χ3n) is 4.01. The Morgan fingerprint density at radius 2 is 1.89 bits per heavy atom. The number of amides is 2. The molecule has 3 unspecified atom stereocenters. The van der Waals surface area contributed by atoms with Crippen LogP contribution in [0.5, 0.6) is 0 Å². The molecule has 1 aliphatic heterocycles. The van der Waals surface area contributed by atoms with Crippen LogP contribution in [0, 0.1) is 11.8 Å². The van der Waals surface area contributed by atoms with Crippen molar-refractivity contribution < 1.29 is 14.7 Å². The van der Waals surface area contributed by atoms with Crippen molar-refractivity contribution >= 4 is 11.8 Å². The Bertz CT molecular complexity index is 538. The first-order valence-electron chi connectivity index (χ1n) is 6.41. The van der Waals surface area contributed by atoms with Gasteiger partial charge in [-0.1, -0.05) is 42.5 Å². The largest absolute Gasteiger partial charge is 0.376 e. The van der Waals surface area contributed by atoms with Gasteiger partial charge in [-0.05, 0) is 12.0 Å². The molecular weight excluding hydrogens is 242 g/mol. The number of likely N-dealkylation sites (tertiary alicyclic amines) is 1. The Labute approximate surface area is 111 Å². The van der Waals surface area contributed by atoms with Crippen LogP contribution in [0.3, 0.4) is 0 Å². The highest BCUT2D eigenvalue weighted by Crippen LogP contribution is 2.43. The second-order valence-corrected chi connectivity index (χ2v) is 4.98. The van der Waals surface area contributed by atoms with Gasteiger partial charge in [-0.15, -0.1) is 0 Å². The zero-order chi connectivity index (χ0) is 13.4. The standard InChI is InChI=1S/C15H15NO3/c17-9-16-14(18)12-8-4-7-11(13(12)15(16)19)10-5-2-1-3-6-10/h1-7,11-13,17H,8-9H2. The third kappa shape index (κ3) is 1.79. The fourth-order valence-electron chi connectivity index (χ4n) is 3.09. The highest BCUT2D eigenvalue weighted by Gasteiger charge is 2.50. The quantitative estimate of drug-likeness (QED) is 0.641. The first-order chi connectivity index (χ1) is 9.24. The number of rotatable bonds is 2. The van der Waals surface area contributed by atoms with E-state index in [-0.39, 0.29) is 29.6 Å². The topological polar surface area (TPSA) is 57.6 Å². The maximum atomic E-state index is 12.3. The van der Waals surface area contributed by atoms with E-state index < -0.39 is 6.73 Å². The van der Waals surface area contributed by atoms with Crippen molar-refractivity contribution in [3.05, 3.63) is 48.0 Å². The van der Waals surface area contributed by atoms with Gasteiger partial charge in [0.25, 0.3) is 0 Å². The summed E-state index contributed by atoms with van der Waals surface area (Å²) in [4.78, 5) is 25.3. The van der Waals surface area contributed by atoms with E-state index in [1.165, 1.54) is 0 Å². The number of benzene rings is 1. The molecule has 0 saturated carbocycles. The fraction of sp³-hybridized carbons (Fsp3) is 0.333. The maximum Gasteiger partial charge on any atom is 0.235 e. The first-order valence-corrected chi connectivity index (χ1v) is 6.41. The summed E-state index contributed by atoms with van der Waals surface area (Å²) in [5.74, 6) is -1.27. The summed E-state index contributed by atoms with van der Waals surface area (Å²) in [7, 11) is 0.